The van der Waals surface area contributed by atoms with Crippen molar-refractivity contribution in [2.24, 2.45) is 0 Å². The van der Waals surface area contributed by atoms with Crippen molar-refractivity contribution in [2.75, 3.05) is 4.72 Å². The molecule has 0 radical (unpaired) electrons. The molecular formula is C18H21NOS2. The van der Waals surface area contributed by atoms with Gasteiger partial charge in [0, 0.05) is 5.69 Å². The molecule has 2 nitrogen and oxygen atoms in total. The summed E-state index contributed by atoms with van der Waals surface area (Å²) >= 11 is 3.35. The fourth-order valence-corrected chi connectivity index (χ4v) is 3.80. The van der Waals surface area contributed by atoms with Gasteiger partial charge in [0.15, 0.2) is 0 Å². The Kier molecular flexibility index (Phi) is 5.86. The molecule has 0 aliphatic carbocycles. The summed E-state index contributed by atoms with van der Waals surface area (Å²) in [4.78, 5) is 11.0. The zero-order chi connectivity index (χ0) is 16.1. The Morgan fingerprint density at radius 3 is 2.68 bits per heavy atom. The molecule has 1 heterocycles. The molecule has 0 bridgehead atoms. The third kappa shape index (κ3) is 4.02. The van der Waals surface area contributed by atoms with Gasteiger partial charge in [-0.25, -0.2) is 0 Å². The van der Waals surface area contributed by atoms with Crippen LogP contribution in [0.1, 0.15) is 43.4 Å². The van der Waals surface area contributed by atoms with Crippen molar-refractivity contribution in [1.82, 2.24) is 0 Å². The Balaban J connectivity index is 2.41. The molecule has 0 aliphatic rings. The Morgan fingerprint density at radius 2 is 2.09 bits per heavy atom. The molecule has 1 aromatic heterocycles. The smallest absolute Gasteiger partial charge is 0.145 e. The molecule has 0 unspecified atom stereocenters. The quantitative estimate of drug-likeness (QED) is 0.406. The van der Waals surface area contributed by atoms with E-state index >= 15 is 0 Å². The second-order valence-electron chi connectivity index (χ2n) is 5.55. The molecule has 0 saturated heterocycles. The van der Waals surface area contributed by atoms with Crippen LogP contribution in [0.5, 0.6) is 0 Å². The number of carbonyl (C=O) groups excluding carboxylic acids is 1. The number of thiophene rings is 1. The van der Waals surface area contributed by atoms with Crippen LogP contribution in [0.15, 0.2) is 39.4 Å². The van der Waals surface area contributed by atoms with Gasteiger partial charge in [0.25, 0.3) is 0 Å². The average molecular weight is 332 g/mol. The van der Waals surface area contributed by atoms with Crippen molar-refractivity contribution < 1.29 is 4.79 Å². The first-order valence-corrected chi connectivity index (χ1v) is 8.96. The lowest BCUT2D eigenvalue weighted by molar-refractivity contribution is -0.104. The Bertz CT molecular complexity index is 673. The summed E-state index contributed by atoms with van der Waals surface area (Å²) in [6.07, 6.45) is 2.89. The van der Waals surface area contributed by atoms with E-state index in [0.29, 0.717) is 5.92 Å². The predicted molar refractivity (Wildman–Crippen MR) is 98.8 cm³/mol. The van der Waals surface area contributed by atoms with Gasteiger partial charge in [-0.1, -0.05) is 26.0 Å². The molecule has 0 fully saturated rings. The van der Waals surface area contributed by atoms with Crippen LogP contribution in [0.2, 0.25) is 0 Å². The summed E-state index contributed by atoms with van der Waals surface area (Å²) in [7, 11) is 0. The van der Waals surface area contributed by atoms with Gasteiger partial charge in [-0.3, -0.25) is 4.79 Å². The maximum absolute atomic E-state index is 11.0. The summed E-state index contributed by atoms with van der Waals surface area (Å²) in [6.45, 7) is 8.30. The van der Waals surface area contributed by atoms with Gasteiger partial charge < -0.3 is 4.72 Å². The van der Waals surface area contributed by atoms with Crippen molar-refractivity contribution in [2.45, 2.75) is 37.8 Å². The average Bonchev–Trinajstić information content (AvgIpc) is 3.00. The van der Waals surface area contributed by atoms with Crippen molar-refractivity contribution >= 4 is 41.3 Å². The number of rotatable bonds is 6. The summed E-state index contributed by atoms with van der Waals surface area (Å²) in [5, 5.41) is 2.07. The third-order valence-electron chi connectivity index (χ3n) is 3.40. The largest absolute Gasteiger partial charge is 0.325 e. The Morgan fingerprint density at radius 1 is 1.32 bits per heavy atom. The van der Waals surface area contributed by atoms with Crippen LogP contribution in [0.3, 0.4) is 0 Å². The molecule has 116 valence electrons. The highest BCUT2D eigenvalue weighted by atomic mass is 32.2. The number of aldehydes is 1. The number of carbonyl (C=O) groups is 1. The molecule has 22 heavy (non-hydrogen) atoms. The standard InChI is InChI=1S/C18H21NOS2/c1-12(2)18-15(10-13(3)11-20)14(4)7-8-16(18)19-22-17-6-5-9-21-17/h5-12,19H,1-4H3/b13-10+. The number of aryl methyl sites for hydroxylation is 1. The van der Waals surface area contributed by atoms with Gasteiger partial charge in [0.05, 0.1) is 4.21 Å². The molecule has 0 saturated carbocycles. The van der Waals surface area contributed by atoms with E-state index in [1.807, 2.05) is 13.0 Å². The maximum atomic E-state index is 11.0. The number of anilines is 1. The van der Waals surface area contributed by atoms with Crippen molar-refractivity contribution in [3.8, 4) is 0 Å². The molecule has 2 rings (SSSR count). The second kappa shape index (κ2) is 7.65. The number of hydrogen-bond acceptors (Lipinski definition) is 4. The minimum atomic E-state index is 0.372. The highest BCUT2D eigenvalue weighted by Gasteiger charge is 2.14. The summed E-state index contributed by atoms with van der Waals surface area (Å²) in [5.74, 6) is 0.372. The molecular weight excluding hydrogens is 310 g/mol. The molecule has 1 aromatic carbocycles. The number of hydrogen-bond donors (Lipinski definition) is 1. The zero-order valence-corrected chi connectivity index (χ0v) is 15.0. The highest BCUT2D eigenvalue weighted by molar-refractivity contribution is 8.02. The van der Waals surface area contributed by atoms with E-state index in [9.17, 15) is 4.79 Å². The van der Waals surface area contributed by atoms with Gasteiger partial charge in [-0.15, -0.1) is 11.3 Å². The third-order valence-corrected chi connectivity index (χ3v) is 5.26. The SMILES string of the molecule is C/C(C=O)=C\c1c(C)ccc(NSc2cccs2)c1C(C)C. The van der Waals surface area contributed by atoms with Crippen LogP contribution in [-0.4, -0.2) is 6.29 Å². The van der Waals surface area contributed by atoms with Gasteiger partial charge in [0.2, 0.25) is 0 Å². The summed E-state index contributed by atoms with van der Waals surface area (Å²) < 4.78 is 4.70. The van der Waals surface area contributed by atoms with Crippen molar-refractivity contribution in [3.05, 3.63) is 51.9 Å². The van der Waals surface area contributed by atoms with E-state index in [2.05, 4.69) is 55.1 Å². The first-order valence-electron chi connectivity index (χ1n) is 7.26. The summed E-state index contributed by atoms with van der Waals surface area (Å²) in [6, 6.07) is 8.38. The van der Waals surface area contributed by atoms with E-state index in [-0.39, 0.29) is 0 Å². The number of benzene rings is 1. The van der Waals surface area contributed by atoms with Gasteiger partial charge >= 0.3 is 0 Å². The normalized spacial score (nSPS) is 11.8. The predicted octanol–water partition coefficient (Wildman–Crippen LogP) is 5.90. The fraction of sp³-hybridized carbons (Fsp3) is 0.278. The molecule has 0 spiro atoms. The highest BCUT2D eigenvalue weighted by Crippen LogP contribution is 2.35. The van der Waals surface area contributed by atoms with Crippen LogP contribution in [0.25, 0.3) is 6.08 Å². The minimum absolute atomic E-state index is 0.372. The number of nitrogens with one attached hydrogen (secondary N) is 1. The maximum Gasteiger partial charge on any atom is 0.145 e. The first-order chi connectivity index (χ1) is 10.5. The molecule has 1 N–H and O–H groups in total. The van der Waals surface area contributed by atoms with Gasteiger partial charge in [-0.2, -0.15) is 0 Å². The van der Waals surface area contributed by atoms with Crippen LogP contribution in [0.4, 0.5) is 5.69 Å². The monoisotopic (exact) mass is 331 g/mol. The van der Waals surface area contributed by atoms with Crippen LogP contribution < -0.4 is 4.72 Å². The molecule has 0 aliphatic heterocycles. The number of allylic oxidation sites excluding steroid dienone is 1. The lowest BCUT2D eigenvalue weighted by Gasteiger charge is -2.19. The van der Waals surface area contributed by atoms with Gasteiger partial charge in [-0.05, 0) is 77.6 Å². The summed E-state index contributed by atoms with van der Waals surface area (Å²) in [5.41, 5.74) is 5.45. The van der Waals surface area contributed by atoms with E-state index in [1.54, 1.807) is 23.3 Å². The Hall–Kier alpha value is -1.52. The molecule has 0 atom stereocenters. The van der Waals surface area contributed by atoms with Crippen molar-refractivity contribution in [1.29, 1.82) is 0 Å². The lowest BCUT2D eigenvalue weighted by atomic mass is 9.91. The molecule has 4 heteroatoms. The van der Waals surface area contributed by atoms with E-state index in [1.165, 1.54) is 15.3 Å². The lowest BCUT2D eigenvalue weighted by Crippen LogP contribution is -2.01. The van der Waals surface area contributed by atoms with Crippen LogP contribution >= 0.6 is 23.3 Å². The zero-order valence-electron chi connectivity index (χ0n) is 13.3. The second-order valence-corrected chi connectivity index (χ2v) is 7.61. The van der Waals surface area contributed by atoms with Crippen LogP contribution in [-0.2, 0) is 4.79 Å². The first kappa shape index (κ1) is 16.8. The topological polar surface area (TPSA) is 29.1 Å². The fourth-order valence-electron chi connectivity index (χ4n) is 2.34. The van der Waals surface area contributed by atoms with E-state index in [4.69, 9.17) is 0 Å². The molecule has 2 aromatic rings. The van der Waals surface area contributed by atoms with Gasteiger partial charge in [0.1, 0.15) is 6.29 Å². The minimum Gasteiger partial charge on any atom is -0.325 e. The van der Waals surface area contributed by atoms with Crippen LogP contribution in [0, 0.1) is 6.92 Å². The van der Waals surface area contributed by atoms with Crippen molar-refractivity contribution in [3.63, 3.8) is 0 Å². The van der Waals surface area contributed by atoms with E-state index in [0.717, 1.165) is 23.1 Å². The molecule has 0 amide bonds. The Labute approximate surface area is 140 Å². The van der Waals surface area contributed by atoms with E-state index < -0.39 is 0 Å².